The van der Waals surface area contributed by atoms with Gasteiger partial charge in [-0.3, -0.25) is 0 Å². The number of rotatable bonds is 18. The Balaban J connectivity index is 1.37. The zero-order valence-electron chi connectivity index (χ0n) is 25.4. The van der Waals surface area contributed by atoms with E-state index in [9.17, 15) is 0 Å². The number of nitrogens with zero attached hydrogens (tertiary/aromatic N) is 3. The first-order chi connectivity index (χ1) is 20.3. The normalized spacial score (nSPS) is 13.9. The largest absolute Gasteiger partial charge is 0.309 e. The van der Waals surface area contributed by atoms with E-state index in [4.69, 9.17) is 9.98 Å². The number of hydrogen-bond donors (Lipinski definition) is 0. The number of unbranched alkanes of at least 4 members (excludes halogenated alkanes) is 12. The maximum Gasteiger partial charge on any atom is 0.150 e. The zero-order valence-corrected chi connectivity index (χ0v) is 27.0. The van der Waals surface area contributed by atoms with Gasteiger partial charge in [0, 0.05) is 16.3 Å². The first kappa shape index (κ1) is 30.5. The quantitative estimate of drug-likeness (QED) is 0.0954. The summed E-state index contributed by atoms with van der Waals surface area (Å²) in [5.41, 5.74) is 4.46. The molecule has 3 nitrogen and oxygen atoms in total. The van der Waals surface area contributed by atoms with E-state index in [-0.39, 0.29) is 0 Å². The molecule has 0 saturated heterocycles. The predicted molar refractivity (Wildman–Crippen MR) is 176 cm³/mol. The molecule has 41 heavy (non-hydrogen) atoms. The third kappa shape index (κ3) is 8.10. The van der Waals surface area contributed by atoms with Gasteiger partial charge >= 0.3 is 0 Å². The maximum absolute atomic E-state index is 5.27. The molecule has 5 heteroatoms. The monoisotopic (exact) mass is 587 g/mol. The fourth-order valence-electron chi connectivity index (χ4n) is 6.21. The fraction of sp³-hybridized carbons (Fsp3) is 0.556. The summed E-state index contributed by atoms with van der Waals surface area (Å²) in [4.78, 5) is 15.6. The van der Waals surface area contributed by atoms with E-state index in [1.165, 1.54) is 122 Å². The van der Waals surface area contributed by atoms with E-state index in [1.807, 2.05) is 23.5 Å². The Morgan fingerprint density at radius 1 is 0.561 bits per heavy atom. The van der Waals surface area contributed by atoms with Crippen molar-refractivity contribution in [2.75, 3.05) is 0 Å². The summed E-state index contributed by atoms with van der Waals surface area (Å²) in [6, 6.07) is 17.2. The maximum atomic E-state index is 5.27. The zero-order chi connectivity index (χ0) is 28.3. The molecule has 0 aliphatic carbocycles. The van der Waals surface area contributed by atoms with Gasteiger partial charge in [-0.05, 0) is 43.0 Å². The van der Waals surface area contributed by atoms with Gasteiger partial charge in [-0.25, -0.2) is 9.98 Å². The second kappa shape index (κ2) is 16.0. The summed E-state index contributed by atoms with van der Waals surface area (Å²) in [5, 5.41) is 0. The van der Waals surface area contributed by atoms with Crippen molar-refractivity contribution in [3.05, 3.63) is 59.5 Å². The molecule has 0 spiro atoms. The minimum atomic E-state index is 0.677. The molecule has 0 saturated carbocycles. The first-order valence-corrected chi connectivity index (χ1v) is 18.2. The van der Waals surface area contributed by atoms with Crippen molar-refractivity contribution in [3.63, 3.8) is 0 Å². The molecule has 0 N–H and O–H groups in total. The highest BCUT2D eigenvalue weighted by Gasteiger charge is 2.27. The van der Waals surface area contributed by atoms with Crippen LogP contribution in [0.1, 0.15) is 117 Å². The Bertz CT molecular complexity index is 1290. The van der Waals surface area contributed by atoms with E-state index in [1.54, 1.807) is 0 Å². The summed E-state index contributed by atoms with van der Waals surface area (Å²) in [6.07, 6.45) is 21.9. The number of para-hydroxylation sites is 2. The third-order valence-electron chi connectivity index (χ3n) is 8.60. The molecule has 2 aliphatic rings. The second-order valence-corrected chi connectivity index (χ2v) is 14.1. The molecular formula is C36H49N3S2. The molecule has 220 valence electrons. The molecule has 0 amide bonds. The number of fused-ring (bicyclic) bond motifs is 5. The molecule has 2 aromatic carbocycles. The predicted octanol–water partition coefficient (Wildman–Crippen LogP) is 11.2. The van der Waals surface area contributed by atoms with Gasteiger partial charge < -0.3 is 4.57 Å². The average molecular weight is 588 g/mol. The Morgan fingerprint density at radius 3 is 1.44 bits per heavy atom. The molecular weight excluding hydrogens is 539 g/mol. The lowest BCUT2D eigenvalue weighted by atomic mass is 9.94. The average Bonchev–Trinajstić information content (AvgIpc) is 3.28. The highest BCUT2D eigenvalue weighted by atomic mass is 32.2. The van der Waals surface area contributed by atoms with Crippen LogP contribution in [0.25, 0.3) is 0 Å². The first-order valence-electron chi connectivity index (χ1n) is 16.5. The van der Waals surface area contributed by atoms with E-state index in [2.05, 4.69) is 66.9 Å². The van der Waals surface area contributed by atoms with Gasteiger partial charge in [0.15, 0.2) is 0 Å². The van der Waals surface area contributed by atoms with Crippen molar-refractivity contribution in [3.8, 4) is 0 Å². The molecule has 0 radical (unpaired) electrons. The highest BCUT2D eigenvalue weighted by molar-refractivity contribution is 8.02. The fourth-order valence-corrected chi connectivity index (χ4v) is 8.49. The second-order valence-electron chi connectivity index (χ2n) is 12.0. The summed E-state index contributed by atoms with van der Waals surface area (Å²) in [6.45, 7) is 5.64. The third-order valence-corrected chi connectivity index (χ3v) is 11.0. The van der Waals surface area contributed by atoms with Crippen LogP contribution in [-0.4, -0.2) is 4.57 Å². The Morgan fingerprint density at radius 2 is 0.976 bits per heavy atom. The highest BCUT2D eigenvalue weighted by Crippen LogP contribution is 2.45. The molecule has 1 atom stereocenters. The Kier molecular flexibility index (Phi) is 11.9. The molecule has 1 unspecified atom stereocenters. The van der Waals surface area contributed by atoms with E-state index < -0.39 is 0 Å². The summed E-state index contributed by atoms with van der Waals surface area (Å²) >= 11 is 3.77. The smallest absolute Gasteiger partial charge is 0.150 e. The Labute approximate surface area is 256 Å². The minimum absolute atomic E-state index is 0.677. The van der Waals surface area contributed by atoms with Gasteiger partial charge in [0.05, 0.1) is 21.2 Å². The molecule has 0 bridgehead atoms. The number of hydrogen-bond acceptors (Lipinski definition) is 4. The van der Waals surface area contributed by atoms with E-state index in [0.29, 0.717) is 5.92 Å². The van der Waals surface area contributed by atoms with Crippen molar-refractivity contribution in [2.45, 2.75) is 143 Å². The van der Waals surface area contributed by atoms with Crippen molar-refractivity contribution >= 4 is 34.9 Å². The molecule has 1 aromatic heterocycles. The molecule has 0 fully saturated rings. The lowest BCUT2D eigenvalue weighted by Gasteiger charge is -2.19. The summed E-state index contributed by atoms with van der Waals surface area (Å²) < 4.78 is 2.50. The van der Waals surface area contributed by atoms with Crippen molar-refractivity contribution in [1.82, 2.24) is 4.57 Å². The topological polar surface area (TPSA) is 29.6 Å². The van der Waals surface area contributed by atoms with Crippen LogP contribution >= 0.6 is 23.5 Å². The van der Waals surface area contributed by atoms with Crippen molar-refractivity contribution in [2.24, 2.45) is 15.9 Å². The summed E-state index contributed by atoms with van der Waals surface area (Å²) in [5.74, 6) is 0.677. The van der Waals surface area contributed by atoms with Crippen LogP contribution < -0.4 is 11.0 Å². The van der Waals surface area contributed by atoms with Gasteiger partial charge in [-0.1, -0.05) is 152 Å². The lowest BCUT2D eigenvalue weighted by Crippen LogP contribution is -2.32. The van der Waals surface area contributed by atoms with Gasteiger partial charge in [0.25, 0.3) is 0 Å². The van der Waals surface area contributed by atoms with Crippen LogP contribution in [0.2, 0.25) is 0 Å². The van der Waals surface area contributed by atoms with Gasteiger partial charge in [0.1, 0.15) is 11.0 Å². The standard InChI is InChI=1S/C36H49N3S2/c1-3-5-7-9-11-12-14-16-22-28(21-15-13-10-8-6-4-2)27-39-35-33(40-31-25-19-17-23-29(31)37-35)34-36(39)38-30-24-18-20-26-32(30)41-34/h17-20,23-26,28H,3-16,21-22,27H2,1-2H3. The molecule has 3 aromatic rings. The van der Waals surface area contributed by atoms with Gasteiger partial charge in [-0.2, -0.15) is 0 Å². The number of aromatic nitrogens is 1. The van der Waals surface area contributed by atoms with E-state index in [0.717, 1.165) is 28.9 Å². The van der Waals surface area contributed by atoms with Gasteiger partial charge in [0.2, 0.25) is 0 Å². The van der Waals surface area contributed by atoms with Gasteiger partial charge in [-0.15, -0.1) is 0 Å². The Hall–Kier alpha value is -1.98. The van der Waals surface area contributed by atoms with Crippen molar-refractivity contribution in [1.29, 1.82) is 0 Å². The molecule has 2 aliphatic heterocycles. The summed E-state index contributed by atoms with van der Waals surface area (Å²) in [7, 11) is 0. The van der Waals surface area contributed by atoms with Crippen LogP contribution in [0.4, 0.5) is 11.4 Å². The van der Waals surface area contributed by atoms with Crippen LogP contribution in [-0.2, 0) is 6.54 Å². The molecule has 3 heterocycles. The minimum Gasteiger partial charge on any atom is -0.309 e. The van der Waals surface area contributed by atoms with Crippen LogP contribution in [0.5, 0.6) is 0 Å². The van der Waals surface area contributed by atoms with E-state index >= 15 is 0 Å². The van der Waals surface area contributed by atoms with Crippen LogP contribution in [0, 0.1) is 5.92 Å². The van der Waals surface area contributed by atoms with Crippen LogP contribution in [0.15, 0.2) is 78.1 Å². The lowest BCUT2D eigenvalue weighted by molar-refractivity contribution is 0.347. The molecule has 5 rings (SSSR count). The SMILES string of the molecule is CCCCCCCCCCC(CCCCCCCC)Cn1c2c(c3c1=Nc1ccccc1S3)Sc1ccccc1N=2. The number of benzene rings is 2. The van der Waals surface area contributed by atoms with Crippen molar-refractivity contribution < 1.29 is 0 Å². The van der Waals surface area contributed by atoms with Crippen LogP contribution in [0.3, 0.4) is 0 Å².